The van der Waals surface area contributed by atoms with Crippen molar-refractivity contribution in [1.82, 2.24) is 9.97 Å². The van der Waals surface area contributed by atoms with Gasteiger partial charge in [-0.3, -0.25) is 9.59 Å². The van der Waals surface area contributed by atoms with Gasteiger partial charge < -0.3 is 20.6 Å². The van der Waals surface area contributed by atoms with Crippen LogP contribution in [0.4, 0.5) is 11.4 Å². The third-order valence-corrected chi connectivity index (χ3v) is 6.02. The first kappa shape index (κ1) is 21.5. The molecule has 0 saturated carbocycles. The zero-order valence-corrected chi connectivity index (χ0v) is 18.7. The van der Waals surface area contributed by atoms with Gasteiger partial charge in [0.1, 0.15) is 0 Å². The molecule has 6 nitrogen and oxygen atoms in total. The number of nitrogens with one attached hydrogen (secondary N) is 4. The quantitative estimate of drug-likeness (QED) is 0.241. The predicted octanol–water partition coefficient (Wildman–Crippen LogP) is 5.79. The Balaban J connectivity index is 1.14. The molecule has 5 aromatic rings. The summed E-state index contributed by atoms with van der Waals surface area (Å²) in [5.74, 6) is -0.124. The van der Waals surface area contributed by atoms with Crippen LogP contribution in [0.5, 0.6) is 0 Å². The third-order valence-electron chi connectivity index (χ3n) is 6.02. The fourth-order valence-electron chi connectivity index (χ4n) is 4.29. The van der Waals surface area contributed by atoms with E-state index in [2.05, 4.69) is 32.7 Å². The number of aryl methyl sites for hydroxylation is 2. The second-order valence-electron chi connectivity index (χ2n) is 8.40. The number of aromatic nitrogens is 2. The molecule has 0 unspecified atom stereocenters. The monoisotopic (exact) mass is 450 g/mol. The number of aromatic amines is 2. The van der Waals surface area contributed by atoms with Crippen molar-refractivity contribution in [2.45, 2.75) is 25.7 Å². The maximum atomic E-state index is 12.5. The van der Waals surface area contributed by atoms with Crippen LogP contribution >= 0.6 is 0 Å². The second-order valence-corrected chi connectivity index (χ2v) is 8.40. The van der Waals surface area contributed by atoms with E-state index in [1.54, 1.807) is 6.07 Å². The summed E-state index contributed by atoms with van der Waals surface area (Å²) in [4.78, 5) is 31.5. The molecule has 2 aromatic heterocycles. The molecule has 0 spiro atoms. The number of H-pyrrole nitrogens is 2. The molecule has 2 heterocycles. The van der Waals surface area contributed by atoms with Gasteiger partial charge in [0.25, 0.3) is 0 Å². The molecular weight excluding hydrogens is 424 g/mol. The summed E-state index contributed by atoms with van der Waals surface area (Å²) >= 11 is 0. The molecule has 0 saturated heterocycles. The third kappa shape index (κ3) is 4.86. The Hall–Kier alpha value is -4.32. The molecule has 5 rings (SSSR count). The summed E-state index contributed by atoms with van der Waals surface area (Å²) in [6, 6.07) is 23.4. The van der Waals surface area contributed by atoms with Crippen LogP contribution in [0.25, 0.3) is 21.8 Å². The van der Waals surface area contributed by atoms with Crippen LogP contribution in [-0.2, 0) is 22.4 Å². The number of fused-ring (bicyclic) bond motifs is 2. The molecule has 0 aliphatic carbocycles. The number of amides is 2. The Morgan fingerprint density at radius 3 is 1.59 bits per heavy atom. The van der Waals surface area contributed by atoms with Gasteiger partial charge in [-0.25, -0.2) is 0 Å². The van der Waals surface area contributed by atoms with Crippen LogP contribution in [0, 0.1) is 0 Å². The molecule has 0 radical (unpaired) electrons. The lowest BCUT2D eigenvalue weighted by molar-refractivity contribution is -0.116. The lowest BCUT2D eigenvalue weighted by atomic mass is 10.1. The highest BCUT2D eigenvalue weighted by atomic mass is 16.2. The summed E-state index contributed by atoms with van der Waals surface area (Å²) in [5, 5.41) is 8.16. The Morgan fingerprint density at radius 1 is 0.618 bits per heavy atom. The average molecular weight is 451 g/mol. The number of rotatable bonds is 8. The maximum absolute atomic E-state index is 12.5. The van der Waals surface area contributed by atoms with Gasteiger partial charge in [-0.15, -0.1) is 0 Å². The first-order chi connectivity index (χ1) is 16.7. The van der Waals surface area contributed by atoms with E-state index in [1.807, 2.05) is 67.0 Å². The molecule has 170 valence electrons. The fraction of sp³-hybridized carbons (Fsp3) is 0.143. The first-order valence-electron chi connectivity index (χ1n) is 11.5. The number of anilines is 2. The van der Waals surface area contributed by atoms with Crippen molar-refractivity contribution in [3.63, 3.8) is 0 Å². The second kappa shape index (κ2) is 9.67. The number of hydrogen-bond acceptors (Lipinski definition) is 2. The van der Waals surface area contributed by atoms with Gasteiger partial charge >= 0.3 is 0 Å². The minimum atomic E-state index is -0.0620. The van der Waals surface area contributed by atoms with Gasteiger partial charge in [-0.2, -0.15) is 0 Å². The SMILES string of the molecule is O=C(CCc1c[nH]c2ccccc12)Nc1cccc(NC(=O)CCc2c[nH]c3ccccc23)c1. The van der Waals surface area contributed by atoms with Gasteiger partial charge in [0.05, 0.1) is 0 Å². The standard InChI is InChI=1S/C28H26N4O2/c33-27(14-12-19-17-29-25-10-3-1-8-23(19)25)31-21-6-5-7-22(16-21)32-28(34)15-13-20-18-30-26-11-4-2-9-24(20)26/h1-11,16-18,29-30H,12-15H2,(H,31,33)(H,32,34). The fourth-order valence-corrected chi connectivity index (χ4v) is 4.29. The first-order valence-corrected chi connectivity index (χ1v) is 11.5. The van der Waals surface area contributed by atoms with Crippen LogP contribution in [0.3, 0.4) is 0 Å². The van der Waals surface area contributed by atoms with Crippen molar-refractivity contribution < 1.29 is 9.59 Å². The molecule has 0 aliphatic heterocycles. The molecule has 0 aliphatic rings. The van der Waals surface area contributed by atoms with Crippen LogP contribution in [-0.4, -0.2) is 21.8 Å². The molecule has 4 N–H and O–H groups in total. The van der Waals surface area contributed by atoms with E-state index in [1.165, 1.54) is 0 Å². The summed E-state index contributed by atoms with van der Waals surface area (Å²) in [6.45, 7) is 0. The van der Waals surface area contributed by atoms with Gasteiger partial charge in [-0.1, -0.05) is 42.5 Å². The van der Waals surface area contributed by atoms with Gasteiger partial charge in [-0.05, 0) is 54.3 Å². The van der Waals surface area contributed by atoms with Crippen LogP contribution < -0.4 is 10.6 Å². The Labute approximate surface area is 197 Å². The van der Waals surface area contributed by atoms with Crippen molar-refractivity contribution in [2.24, 2.45) is 0 Å². The number of carbonyl (C=O) groups excluding carboxylic acids is 2. The molecule has 34 heavy (non-hydrogen) atoms. The number of para-hydroxylation sites is 2. The lowest BCUT2D eigenvalue weighted by Crippen LogP contribution is -2.14. The molecule has 0 atom stereocenters. The molecule has 0 bridgehead atoms. The highest BCUT2D eigenvalue weighted by molar-refractivity contribution is 5.95. The molecule has 2 amide bonds. The largest absolute Gasteiger partial charge is 0.361 e. The van der Waals surface area contributed by atoms with Crippen molar-refractivity contribution in [3.8, 4) is 0 Å². The molecular formula is C28H26N4O2. The molecule has 6 heteroatoms. The smallest absolute Gasteiger partial charge is 0.224 e. The highest BCUT2D eigenvalue weighted by Crippen LogP contribution is 2.21. The van der Waals surface area contributed by atoms with Gasteiger partial charge in [0, 0.05) is 58.4 Å². The predicted molar refractivity (Wildman–Crippen MR) is 137 cm³/mol. The number of hydrogen-bond donors (Lipinski definition) is 4. The Bertz CT molecular complexity index is 1360. The van der Waals surface area contributed by atoms with Gasteiger partial charge in [0.2, 0.25) is 11.8 Å². The molecule has 0 fully saturated rings. The minimum Gasteiger partial charge on any atom is -0.361 e. The van der Waals surface area contributed by atoms with Crippen LogP contribution in [0.2, 0.25) is 0 Å². The van der Waals surface area contributed by atoms with E-state index in [0.717, 1.165) is 32.9 Å². The van der Waals surface area contributed by atoms with E-state index in [-0.39, 0.29) is 11.8 Å². The lowest BCUT2D eigenvalue weighted by Gasteiger charge is -2.09. The van der Waals surface area contributed by atoms with E-state index in [9.17, 15) is 9.59 Å². The maximum Gasteiger partial charge on any atom is 0.224 e. The zero-order valence-electron chi connectivity index (χ0n) is 18.7. The average Bonchev–Trinajstić information content (AvgIpc) is 3.46. The van der Waals surface area contributed by atoms with Crippen LogP contribution in [0.15, 0.2) is 85.2 Å². The normalized spacial score (nSPS) is 11.1. The zero-order chi connectivity index (χ0) is 23.3. The van der Waals surface area contributed by atoms with Crippen LogP contribution in [0.1, 0.15) is 24.0 Å². The topological polar surface area (TPSA) is 89.8 Å². The van der Waals surface area contributed by atoms with E-state index in [4.69, 9.17) is 0 Å². The summed E-state index contributed by atoms with van der Waals surface area (Å²) < 4.78 is 0. The van der Waals surface area contributed by atoms with Crippen molar-refractivity contribution in [1.29, 1.82) is 0 Å². The van der Waals surface area contributed by atoms with E-state index in [0.29, 0.717) is 37.1 Å². The van der Waals surface area contributed by atoms with E-state index < -0.39 is 0 Å². The van der Waals surface area contributed by atoms with E-state index >= 15 is 0 Å². The number of carbonyl (C=O) groups is 2. The molecule has 3 aromatic carbocycles. The van der Waals surface area contributed by atoms with Crippen molar-refractivity contribution in [2.75, 3.05) is 10.6 Å². The highest BCUT2D eigenvalue weighted by Gasteiger charge is 2.10. The Kier molecular flexibility index (Phi) is 6.12. The van der Waals surface area contributed by atoms with Crippen molar-refractivity contribution >= 4 is 45.0 Å². The van der Waals surface area contributed by atoms with Crippen molar-refractivity contribution in [3.05, 3.63) is 96.3 Å². The number of benzene rings is 3. The summed E-state index contributed by atoms with van der Waals surface area (Å²) in [7, 11) is 0. The Morgan fingerprint density at radius 2 is 1.09 bits per heavy atom. The summed E-state index contributed by atoms with van der Waals surface area (Å²) in [6.07, 6.45) is 5.99. The summed E-state index contributed by atoms with van der Waals surface area (Å²) in [5.41, 5.74) is 5.73. The van der Waals surface area contributed by atoms with Gasteiger partial charge in [0.15, 0.2) is 0 Å². The minimum absolute atomic E-state index is 0.0620.